The van der Waals surface area contributed by atoms with Crippen LogP contribution >= 0.6 is 0 Å². The van der Waals surface area contributed by atoms with Gasteiger partial charge in [0.15, 0.2) is 15.6 Å². The molecule has 33 heavy (non-hydrogen) atoms. The number of ketones is 1. The number of carbonyl (C=O) groups excluding carboxylic acids is 1. The molecule has 4 rings (SSSR count). The van der Waals surface area contributed by atoms with E-state index in [2.05, 4.69) is 30.1 Å². The van der Waals surface area contributed by atoms with E-state index in [1.165, 1.54) is 6.26 Å². The summed E-state index contributed by atoms with van der Waals surface area (Å²) in [5.41, 5.74) is 5.60. The first kappa shape index (κ1) is 22.6. The quantitative estimate of drug-likeness (QED) is 0.327. The molecule has 1 atom stereocenters. The average molecular weight is 456 g/mol. The lowest BCUT2D eigenvalue weighted by atomic mass is 9.83. The second-order valence-corrected chi connectivity index (χ2v) is 10.2. The van der Waals surface area contributed by atoms with Gasteiger partial charge in [-0.25, -0.2) is 8.42 Å². The van der Waals surface area contributed by atoms with E-state index in [9.17, 15) is 13.2 Å². The first-order valence-corrected chi connectivity index (χ1v) is 12.6. The number of rotatable bonds is 7. The molecule has 0 bridgehead atoms. The molecule has 3 aromatic carbocycles. The monoisotopic (exact) mass is 455 g/mol. The van der Waals surface area contributed by atoms with Crippen molar-refractivity contribution in [1.29, 1.82) is 0 Å². The Balaban J connectivity index is 1.77. The van der Waals surface area contributed by atoms with Crippen molar-refractivity contribution in [2.75, 3.05) is 6.26 Å². The number of hydrogen-bond donors (Lipinski definition) is 0. The Morgan fingerprint density at radius 3 is 2.21 bits per heavy atom. The number of aromatic nitrogens is 1. The van der Waals surface area contributed by atoms with Crippen LogP contribution in [0, 0.1) is 6.92 Å². The molecule has 0 fully saturated rings. The summed E-state index contributed by atoms with van der Waals surface area (Å²) in [4.78, 5) is 17.4. The van der Waals surface area contributed by atoms with Crippen molar-refractivity contribution in [3.05, 3.63) is 120 Å². The van der Waals surface area contributed by atoms with Gasteiger partial charge in [-0.3, -0.25) is 9.78 Å². The second-order valence-electron chi connectivity index (χ2n) is 8.20. The minimum atomic E-state index is -3.30. The van der Waals surface area contributed by atoms with Crippen LogP contribution in [0.4, 0.5) is 0 Å². The zero-order valence-electron chi connectivity index (χ0n) is 18.6. The predicted molar refractivity (Wildman–Crippen MR) is 131 cm³/mol. The Morgan fingerprint density at radius 2 is 1.52 bits per heavy atom. The Bertz CT molecular complexity index is 1400. The summed E-state index contributed by atoms with van der Waals surface area (Å²) >= 11 is 0. The standard InChI is InChI=1S/C28H25NO3S/c1-20-7-3-4-12-26(20)27(19-28(30)21-13-15-29-16-14-21)24-10-5-8-22(17-24)23-9-6-11-25(18-23)33(2,31)32/h3-18,27H,19H2,1-2H3. The summed E-state index contributed by atoms with van der Waals surface area (Å²) in [5, 5.41) is 0. The van der Waals surface area contributed by atoms with Gasteiger partial charge in [0, 0.05) is 36.6 Å². The fraction of sp³-hybridized carbons (Fsp3) is 0.143. The highest BCUT2D eigenvalue weighted by atomic mass is 32.2. The summed E-state index contributed by atoms with van der Waals surface area (Å²) in [6.07, 6.45) is 4.79. The van der Waals surface area contributed by atoms with E-state index >= 15 is 0 Å². The maximum absolute atomic E-state index is 13.1. The van der Waals surface area contributed by atoms with Crippen LogP contribution in [-0.2, 0) is 9.84 Å². The SMILES string of the molecule is Cc1ccccc1C(CC(=O)c1ccncc1)c1cccc(-c2cccc(S(C)(=O)=O)c2)c1. The molecule has 0 aliphatic heterocycles. The van der Waals surface area contributed by atoms with Crippen LogP contribution in [0.2, 0.25) is 0 Å². The van der Waals surface area contributed by atoms with Crippen LogP contribution in [0.5, 0.6) is 0 Å². The maximum Gasteiger partial charge on any atom is 0.175 e. The van der Waals surface area contributed by atoms with Gasteiger partial charge >= 0.3 is 0 Å². The van der Waals surface area contributed by atoms with Crippen LogP contribution < -0.4 is 0 Å². The van der Waals surface area contributed by atoms with Gasteiger partial charge in [-0.15, -0.1) is 0 Å². The normalized spacial score (nSPS) is 12.3. The van der Waals surface area contributed by atoms with Crippen molar-refractivity contribution in [3.8, 4) is 11.1 Å². The molecule has 0 saturated carbocycles. The number of aryl methyl sites for hydroxylation is 1. The number of sulfone groups is 1. The molecule has 1 unspecified atom stereocenters. The number of pyridine rings is 1. The molecule has 1 aromatic heterocycles. The van der Waals surface area contributed by atoms with Gasteiger partial charge in [-0.05, 0) is 59.0 Å². The first-order chi connectivity index (χ1) is 15.8. The molecule has 0 saturated heterocycles. The Kier molecular flexibility index (Phi) is 6.52. The molecule has 0 N–H and O–H groups in total. The number of nitrogens with zero attached hydrogens (tertiary/aromatic N) is 1. The van der Waals surface area contributed by atoms with Crippen molar-refractivity contribution in [2.45, 2.75) is 24.2 Å². The van der Waals surface area contributed by atoms with Gasteiger partial charge < -0.3 is 0 Å². The van der Waals surface area contributed by atoms with E-state index in [4.69, 9.17) is 0 Å². The molecule has 0 amide bonds. The van der Waals surface area contributed by atoms with E-state index in [-0.39, 0.29) is 16.6 Å². The Morgan fingerprint density at radius 1 is 0.848 bits per heavy atom. The van der Waals surface area contributed by atoms with Crippen LogP contribution in [0.3, 0.4) is 0 Å². The summed E-state index contributed by atoms with van der Waals surface area (Å²) in [5.74, 6) is -0.0833. The van der Waals surface area contributed by atoms with Crippen molar-refractivity contribution in [3.63, 3.8) is 0 Å². The van der Waals surface area contributed by atoms with Crippen molar-refractivity contribution >= 4 is 15.6 Å². The van der Waals surface area contributed by atoms with Gasteiger partial charge in [0.25, 0.3) is 0 Å². The third-order valence-electron chi connectivity index (χ3n) is 5.84. The van der Waals surface area contributed by atoms with Gasteiger partial charge in [0.2, 0.25) is 0 Å². The molecule has 4 aromatic rings. The largest absolute Gasteiger partial charge is 0.294 e. The molecule has 166 valence electrons. The van der Waals surface area contributed by atoms with Gasteiger partial charge in [0.05, 0.1) is 4.90 Å². The summed E-state index contributed by atoms with van der Waals surface area (Å²) in [7, 11) is -3.30. The summed E-state index contributed by atoms with van der Waals surface area (Å²) < 4.78 is 24.1. The molecule has 0 aliphatic carbocycles. The van der Waals surface area contributed by atoms with Crippen LogP contribution in [-0.4, -0.2) is 25.4 Å². The first-order valence-electron chi connectivity index (χ1n) is 10.7. The minimum Gasteiger partial charge on any atom is -0.294 e. The zero-order valence-corrected chi connectivity index (χ0v) is 19.4. The van der Waals surface area contributed by atoms with Crippen LogP contribution in [0.1, 0.15) is 39.4 Å². The van der Waals surface area contributed by atoms with Gasteiger partial charge in [0.1, 0.15) is 0 Å². The number of Topliss-reactive ketones (excluding diaryl/α,β-unsaturated/α-hetero) is 1. The lowest BCUT2D eigenvalue weighted by Gasteiger charge is -2.20. The highest BCUT2D eigenvalue weighted by Crippen LogP contribution is 2.34. The molecule has 0 spiro atoms. The third-order valence-corrected chi connectivity index (χ3v) is 6.95. The summed E-state index contributed by atoms with van der Waals surface area (Å²) in [6.45, 7) is 2.05. The fourth-order valence-corrected chi connectivity index (χ4v) is 4.73. The molecule has 0 aliphatic rings. The van der Waals surface area contributed by atoms with Crippen molar-refractivity contribution in [2.24, 2.45) is 0 Å². The fourth-order valence-electron chi connectivity index (χ4n) is 4.07. The summed E-state index contributed by atoms with van der Waals surface area (Å²) in [6, 6.07) is 26.5. The number of benzene rings is 3. The Hall–Kier alpha value is -3.57. The number of carbonyl (C=O) groups is 1. The Labute approximate surface area is 194 Å². The second kappa shape index (κ2) is 9.51. The predicted octanol–water partition coefficient (Wildman–Crippen LogP) is 5.87. The van der Waals surface area contributed by atoms with Crippen molar-refractivity contribution < 1.29 is 13.2 Å². The smallest absolute Gasteiger partial charge is 0.175 e. The topological polar surface area (TPSA) is 64.1 Å². The lowest BCUT2D eigenvalue weighted by molar-refractivity contribution is 0.0977. The van der Waals surface area contributed by atoms with Gasteiger partial charge in [-0.2, -0.15) is 0 Å². The van der Waals surface area contributed by atoms with E-state index in [0.29, 0.717) is 12.0 Å². The number of hydrogen-bond acceptors (Lipinski definition) is 4. The molecule has 1 heterocycles. The third kappa shape index (κ3) is 5.26. The highest BCUT2D eigenvalue weighted by Gasteiger charge is 2.21. The highest BCUT2D eigenvalue weighted by molar-refractivity contribution is 7.90. The van der Waals surface area contributed by atoms with E-state index in [1.54, 1.807) is 42.7 Å². The van der Waals surface area contributed by atoms with E-state index in [0.717, 1.165) is 27.8 Å². The van der Waals surface area contributed by atoms with Crippen LogP contribution in [0.25, 0.3) is 11.1 Å². The van der Waals surface area contributed by atoms with Crippen molar-refractivity contribution in [1.82, 2.24) is 4.98 Å². The lowest BCUT2D eigenvalue weighted by Crippen LogP contribution is -2.10. The molecule has 5 heteroatoms. The molecular formula is C28H25NO3S. The maximum atomic E-state index is 13.1. The van der Waals surface area contributed by atoms with E-state index in [1.807, 2.05) is 36.4 Å². The molecule has 4 nitrogen and oxygen atoms in total. The minimum absolute atomic E-state index is 0.0510. The van der Waals surface area contributed by atoms with Gasteiger partial charge in [-0.1, -0.05) is 60.7 Å². The van der Waals surface area contributed by atoms with E-state index < -0.39 is 9.84 Å². The molecule has 0 radical (unpaired) electrons. The zero-order chi connectivity index (χ0) is 23.4. The van der Waals surface area contributed by atoms with Crippen LogP contribution in [0.15, 0.2) is 102 Å². The molecular weight excluding hydrogens is 430 g/mol. The average Bonchev–Trinajstić information content (AvgIpc) is 2.83.